The minimum absolute atomic E-state index is 0. The number of ether oxygens (including phenoxy) is 3. The molecule has 2 aromatic carbocycles. The van der Waals surface area contributed by atoms with Crippen LogP contribution in [0, 0.1) is 0 Å². The Morgan fingerprint density at radius 3 is 2.42 bits per heavy atom. The predicted octanol–water partition coefficient (Wildman–Crippen LogP) is 3.49. The van der Waals surface area contributed by atoms with Crippen molar-refractivity contribution in [3.05, 3.63) is 59.7 Å². The third-order valence-corrected chi connectivity index (χ3v) is 5.74. The van der Waals surface area contributed by atoms with Crippen molar-refractivity contribution in [1.29, 1.82) is 0 Å². The maximum atomic E-state index is 5.57. The Hall–Kier alpha value is -2.04. The minimum atomic E-state index is 0. The van der Waals surface area contributed by atoms with E-state index in [1.807, 2.05) is 13.1 Å². The van der Waals surface area contributed by atoms with Crippen molar-refractivity contribution < 1.29 is 14.2 Å². The molecular weight excluding hydrogens is 531 g/mol. The Bertz CT molecular complexity index is 845. The Kier molecular flexibility index (Phi) is 12.3. The second-order valence-corrected chi connectivity index (χ2v) is 7.75. The molecular formula is C25H37IN4O3. The Morgan fingerprint density at radius 2 is 1.76 bits per heavy atom. The molecule has 3 rings (SSSR count). The van der Waals surface area contributed by atoms with Crippen molar-refractivity contribution in [2.45, 2.75) is 18.9 Å². The number of benzene rings is 2. The molecule has 1 aliphatic rings. The fourth-order valence-electron chi connectivity index (χ4n) is 3.96. The first-order valence-electron chi connectivity index (χ1n) is 11.3. The van der Waals surface area contributed by atoms with Gasteiger partial charge in [0.1, 0.15) is 0 Å². The Balaban J connectivity index is 0.00000385. The lowest BCUT2D eigenvalue weighted by Crippen LogP contribution is -2.46. The lowest BCUT2D eigenvalue weighted by Gasteiger charge is -2.35. The number of rotatable bonds is 10. The van der Waals surface area contributed by atoms with Crippen LogP contribution in [0.5, 0.6) is 11.5 Å². The molecule has 7 nitrogen and oxygen atoms in total. The van der Waals surface area contributed by atoms with Crippen LogP contribution < -0.4 is 20.1 Å². The van der Waals surface area contributed by atoms with E-state index in [1.165, 1.54) is 11.1 Å². The van der Waals surface area contributed by atoms with Crippen molar-refractivity contribution in [2.24, 2.45) is 4.99 Å². The summed E-state index contributed by atoms with van der Waals surface area (Å²) in [5.41, 5.74) is 2.54. The van der Waals surface area contributed by atoms with Gasteiger partial charge in [0.25, 0.3) is 0 Å². The molecule has 0 saturated carbocycles. The summed E-state index contributed by atoms with van der Waals surface area (Å²) in [7, 11) is 5.14. The van der Waals surface area contributed by atoms with Gasteiger partial charge in [-0.2, -0.15) is 0 Å². The van der Waals surface area contributed by atoms with E-state index in [0.717, 1.165) is 69.7 Å². The average molecular weight is 569 g/mol. The van der Waals surface area contributed by atoms with Gasteiger partial charge in [0.2, 0.25) is 0 Å². The monoisotopic (exact) mass is 568 g/mol. The summed E-state index contributed by atoms with van der Waals surface area (Å²) >= 11 is 0. The molecule has 0 bridgehead atoms. The first-order valence-corrected chi connectivity index (χ1v) is 11.3. The molecule has 0 radical (unpaired) electrons. The van der Waals surface area contributed by atoms with E-state index in [1.54, 1.807) is 14.2 Å². The highest BCUT2D eigenvalue weighted by molar-refractivity contribution is 14.0. The molecule has 1 fully saturated rings. The second-order valence-electron chi connectivity index (χ2n) is 7.75. The van der Waals surface area contributed by atoms with E-state index in [0.29, 0.717) is 0 Å². The molecule has 182 valence electrons. The van der Waals surface area contributed by atoms with Crippen molar-refractivity contribution in [1.82, 2.24) is 15.5 Å². The van der Waals surface area contributed by atoms with Crippen LogP contribution in [-0.4, -0.2) is 71.5 Å². The number of guanidine groups is 1. The van der Waals surface area contributed by atoms with Gasteiger partial charge in [-0.15, -0.1) is 24.0 Å². The number of nitrogens with one attached hydrogen (secondary N) is 2. The van der Waals surface area contributed by atoms with Gasteiger partial charge in [0.15, 0.2) is 17.5 Å². The van der Waals surface area contributed by atoms with Crippen molar-refractivity contribution >= 4 is 29.9 Å². The summed E-state index contributed by atoms with van der Waals surface area (Å²) < 4.78 is 16.5. The van der Waals surface area contributed by atoms with Crippen molar-refractivity contribution in [2.75, 3.05) is 60.7 Å². The Morgan fingerprint density at radius 1 is 1.03 bits per heavy atom. The van der Waals surface area contributed by atoms with Crippen LogP contribution in [0.2, 0.25) is 0 Å². The van der Waals surface area contributed by atoms with E-state index in [9.17, 15) is 0 Å². The number of hydrogen-bond acceptors (Lipinski definition) is 5. The first kappa shape index (κ1) is 27.2. The predicted molar refractivity (Wildman–Crippen MR) is 144 cm³/mol. The van der Waals surface area contributed by atoms with E-state index in [-0.39, 0.29) is 30.0 Å². The highest BCUT2D eigenvalue weighted by Gasteiger charge is 2.24. The van der Waals surface area contributed by atoms with Gasteiger partial charge >= 0.3 is 0 Å². The molecule has 1 heterocycles. The molecule has 8 heteroatoms. The zero-order chi connectivity index (χ0) is 22.6. The lowest BCUT2D eigenvalue weighted by molar-refractivity contribution is 0.0169. The van der Waals surface area contributed by atoms with Crippen LogP contribution in [0.3, 0.4) is 0 Å². The van der Waals surface area contributed by atoms with Crippen LogP contribution in [0.15, 0.2) is 53.5 Å². The summed E-state index contributed by atoms with van der Waals surface area (Å²) in [5.74, 6) is 2.30. The molecule has 1 aliphatic heterocycles. The number of aryl methyl sites for hydroxylation is 1. The quantitative estimate of drug-likeness (QED) is 0.198. The highest BCUT2D eigenvalue weighted by atomic mass is 127. The molecule has 0 amide bonds. The third kappa shape index (κ3) is 8.35. The first-order chi connectivity index (χ1) is 15.7. The molecule has 0 aliphatic carbocycles. The minimum Gasteiger partial charge on any atom is -0.493 e. The third-order valence-electron chi connectivity index (χ3n) is 5.74. The highest BCUT2D eigenvalue weighted by Crippen LogP contribution is 2.32. The molecule has 0 aromatic heterocycles. The van der Waals surface area contributed by atoms with Crippen LogP contribution in [0.4, 0.5) is 0 Å². The van der Waals surface area contributed by atoms with Crippen LogP contribution >= 0.6 is 24.0 Å². The standard InChI is InChI=1S/C25H36N4O3.HI/c1-26-25(27-13-7-10-20-8-5-4-6-9-20)28-19-22(29-14-16-32-17-15-29)21-11-12-23(30-2)24(18-21)31-3;/h4-6,8-9,11-12,18,22H,7,10,13-17,19H2,1-3H3,(H2,26,27,28);1H. The average Bonchev–Trinajstić information content (AvgIpc) is 2.86. The van der Waals surface area contributed by atoms with E-state index >= 15 is 0 Å². The molecule has 1 unspecified atom stereocenters. The maximum Gasteiger partial charge on any atom is 0.191 e. The van der Waals surface area contributed by atoms with E-state index in [2.05, 4.69) is 63.0 Å². The summed E-state index contributed by atoms with van der Waals surface area (Å²) in [6.45, 7) is 4.88. The number of aliphatic imine (C=N–C) groups is 1. The van der Waals surface area contributed by atoms with Gasteiger partial charge in [-0.05, 0) is 36.1 Å². The maximum absolute atomic E-state index is 5.57. The number of methoxy groups -OCH3 is 2. The summed E-state index contributed by atoms with van der Waals surface area (Å²) in [6.07, 6.45) is 2.10. The van der Waals surface area contributed by atoms with Crippen molar-refractivity contribution in [3.63, 3.8) is 0 Å². The lowest BCUT2D eigenvalue weighted by atomic mass is 10.0. The van der Waals surface area contributed by atoms with Crippen LogP contribution in [0.25, 0.3) is 0 Å². The number of morpholine rings is 1. The summed E-state index contributed by atoms with van der Waals surface area (Å²) in [6, 6.07) is 16.9. The molecule has 2 N–H and O–H groups in total. The SMILES string of the molecule is CN=C(NCCCc1ccccc1)NCC(c1ccc(OC)c(OC)c1)N1CCOCC1.I. The van der Waals surface area contributed by atoms with Crippen LogP contribution in [-0.2, 0) is 11.2 Å². The molecule has 33 heavy (non-hydrogen) atoms. The van der Waals surface area contributed by atoms with E-state index < -0.39 is 0 Å². The van der Waals surface area contributed by atoms with Gasteiger partial charge in [0, 0.05) is 33.2 Å². The molecule has 1 atom stereocenters. The molecule has 1 saturated heterocycles. The largest absolute Gasteiger partial charge is 0.493 e. The number of hydrogen-bond donors (Lipinski definition) is 2. The van der Waals surface area contributed by atoms with Gasteiger partial charge in [-0.3, -0.25) is 9.89 Å². The molecule has 2 aromatic rings. The van der Waals surface area contributed by atoms with Gasteiger partial charge < -0.3 is 24.8 Å². The Labute approximate surface area is 214 Å². The van der Waals surface area contributed by atoms with Gasteiger partial charge in [0.05, 0.1) is 33.5 Å². The van der Waals surface area contributed by atoms with Crippen LogP contribution in [0.1, 0.15) is 23.6 Å². The summed E-state index contributed by atoms with van der Waals surface area (Å²) in [4.78, 5) is 6.86. The fourth-order valence-corrected chi connectivity index (χ4v) is 3.96. The smallest absolute Gasteiger partial charge is 0.191 e. The van der Waals surface area contributed by atoms with Crippen molar-refractivity contribution in [3.8, 4) is 11.5 Å². The second kappa shape index (κ2) is 15.0. The number of halogens is 1. The topological polar surface area (TPSA) is 67.4 Å². The van der Waals surface area contributed by atoms with E-state index in [4.69, 9.17) is 14.2 Å². The summed E-state index contributed by atoms with van der Waals surface area (Å²) in [5, 5.41) is 6.96. The van der Waals surface area contributed by atoms with Gasteiger partial charge in [-0.1, -0.05) is 36.4 Å². The zero-order valence-electron chi connectivity index (χ0n) is 19.9. The zero-order valence-corrected chi connectivity index (χ0v) is 22.2. The number of nitrogens with zero attached hydrogens (tertiary/aromatic N) is 2. The molecule has 0 spiro atoms. The fraction of sp³-hybridized carbons (Fsp3) is 0.480. The normalized spacial score (nSPS) is 15.3. The van der Waals surface area contributed by atoms with Gasteiger partial charge in [-0.25, -0.2) is 0 Å².